The Morgan fingerprint density at radius 1 is 1.04 bits per heavy atom. The molecule has 9 heteroatoms. The lowest BCUT2D eigenvalue weighted by Crippen LogP contribution is -2.21. The number of fused-ring (bicyclic) bond motifs is 2. The number of aromatic nitrogens is 4. The molecule has 132 valence electrons. The van der Waals surface area contributed by atoms with Crippen molar-refractivity contribution in [1.29, 1.82) is 0 Å². The van der Waals surface area contributed by atoms with Crippen molar-refractivity contribution in [3.8, 4) is 0 Å². The summed E-state index contributed by atoms with van der Waals surface area (Å²) < 4.78 is 37.3. The zero-order valence-electron chi connectivity index (χ0n) is 13.3. The van der Waals surface area contributed by atoms with E-state index in [2.05, 4.69) is 30.8 Å². The van der Waals surface area contributed by atoms with Crippen molar-refractivity contribution in [2.75, 3.05) is 17.2 Å². The Morgan fingerprint density at radius 2 is 1.92 bits per heavy atom. The molecule has 6 nitrogen and oxygen atoms in total. The van der Waals surface area contributed by atoms with E-state index < -0.39 is 12.7 Å². The van der Waals surface area contributed by atoms with Crippen molar-refractivity contribution in [3.05, 3.63) is 48.8 Å². The number of H-pyrrole nitrogens is 1. The Morgan fingerprint density at radius 3 is 2.77 bits per heavy atom. The smallest absolute Gasteiger partial charge is 0.375 e. The van der Waals surface area contributed by atoms with Gasteiger partial charge in [0.25, 0.3) is 0 Å². The number of benzene rings is 1. The molecule has 0 unspecified atom stereocenters. The van der Waals surface area contributed by atoms with Crippen LogP contribution in [0, 0.1) is 0 Å². The van der Waals surface area contributed by atoms with Gasteiger partial charge in [0, 0.05) is 11.6 Å². The van der Waals surface area contributed by atoms with E-state index in [1.165, 1.54) is 0 Å². The summed E-state index contributed by atoms with van der Waals surface area (Å²) in [5.41, 5.74) is 2.94. The molecule has 0 aliphatic carbocycles. The minimum Gasteiger partial charge on any atom is -0.375 e. The normalized spacial score (nSPS) is 11.8. The fraction of sp³-hybridized carbons (Fsp3) is 0.118. The summed E-state index contributed by atoms with van der Waals surface area (Å²) in [6.07, 6.45) is -1.08. The van der Waals surface area contributed by atoms with Gasteiger partial charge in [-0.25, -0.2) is 0 Å². The molecule has 0 fully saturated rings. The number of rotatable bonds is 4. The van der Waals surface area contributed by atoms with Crippen molar-refractivity contribution < 1.29 is 13.2 Å². The monoisotopic (exact) mass is 358 g/mol. The summed E-state index contributed by atoms with van der Waals surface area (Å²) in [6.45, 7) is -1.11. The second-order valence-electron chi connectivity index (χ2n) is 5.67. The number of hydrogen-bond acceptors (Lipinski definition) is 5. The number of alkyl halides is 3. The van der Waals surface area contributed by atoms with Crippen LogP contribution in [-0.2, 0) is 0 Å². The van der Waals surface area contributed by atoms with Gasteiger partial charge in [0.05, 0.1) is 28.6 Å². The van der Waals surface area contributed by atoms with E-state index in [9.17, 15) is 13.2 Å². The summed E-state index contributed by atoms with van der Waals surface area (Å²) in [5.74, 6) is 0.549. The number of nitrogens with zero attached hydrogens (tertiary/aromatic N) is 3. The Labute approximate surface area is 145 Å². The van der Waals surface area contributed by atoms with E-state index in [1.54, 1.807) is 42.7 Å². The summed E-state index contributed by atoms with van der Waals surface area (Å²) in [7, 11) is 0. The van der Waals surface area contributed by atoms with E-state index in [-0.39, 0.29) is 0 Å². The molecule has 0 bridgehead atoms. The van der Waals surface area contributed by atoms with Gasteiger partial charge in [-0.05, 0) is 24.3 Å². The van der Waals surface area contributed by atoms with Crippen molar-refractivity contribution in [1.82, 2.24) is 20.2 Å². The lowest BCUT2D eigenvalue weighted by atomic mass is 10.2. The van der Waals surface area contributed by atoms with Gasteiger partial charge in [-0.3, -0.25) is 15.1 Å². The number of para-hydroxylation sites is 1. The molecule has 3 heterocycles. The predicted molar refractivity (Wildman–Crippen MR) is 93.5 cm³/mol. The number of anilines is 3. The molecule has 0 saturated carbocycles. The summed E-state index contributed by atoms with van der Waals surface area (Å²) in [6, 6.07) is 10.5. The van der Waals surface area contributed by atoms with Gasteiger partial charge in [-0.1, -0.05) is 12.1 Å². The number of nitrogens with one attached hydrogen (secondary N) is 3. The summed E-state index contributed by atoms with van der Waals surface area (Å²) in [4.78, 5) is 8.56. The highest BCUT2D eigenvalue weighted by Gasteiger charge is 2.26. The standard InChI is InChI=1S/C17H13F3N6/c18-17(19,20)9-23-12-4-1-3-10-7-11(8-22-14(10)12)24-16-15-13(25-26-16)5-2-6-21-15/h1-8,23H,9H2,(H2,24,25,26). The highest BCUT2D eigenvalue weighted by Crippen LogP contribution is 2.27. The fourth-order valence-electron chi connectivity index (χ4n) is 2.64. The highest BCUT2D eigenvalue weighted by atomic mass is 19.4. The molecule has 4 rings (SSSR count). The van der Waals surface area contributed by atoms with E-state index in [1.807, 2.05) is 6.07 Å². The van der Waals surface area contributed by atoms with Gasteiger partial charge in [0.1, 0.15) is 12.1 Å². The van der Waals surface area contributed by atoms with Gasteiger partial charge in [0.15, 0.2) is 5.82 Å². The molecule has 1 aromatic carbocycles. The molecule has 3 aromatic heterocycles. The quantitative estimate of drug-likeness (QED) is 0.509. The third kappa shape index (κ3) is 3.23. The first-order chi connectivity index (χ1) is 12.5. The SMILES string of the molecule is FC(F)(F)CNc1cccc2cc(Nc3n[nH]c4cccnc34)cnc12. The Bertz CT molecular complexity index is 1070. The molecule has 0 amide bonds. The number of halogens is 3. The second-order valence-corrected chi connectivity index (χ2v) is 5.67. The lowest BCUT2D eigenvalue weighted by molar-refractivity contribution is -0.115. The minimum atomic E-state index is -4.29. The average Bonchev–Trinajstić information content (AvgIpc) is 3.02. The minimum absolute atomic E-state index is 0.332. The molecule has 4 aromatic rings. The van der Waals surface area contributed by atoms with E-state index in [4.69, 9.17) is 0 Å². The van der Waals surface area contributed by atoms with Crippen molar-refractivity contribution in [2.45, 2.75) is 6.18 Å². The van der Waals surface area contributed by atoms with E-state index >= 15 is 0 Å². The maximum Gasteiger partial charge on any atom is 0.405 e. The molecule has 0 saturated heterocycles. The molecule has 0 spiro atoms. The van der Waals surface area contributed by atoms with Crippen molar-refractivity contribution in [3.63, 3.8) is 0 Å². The first-order valence-corrected chi connectivity index (χ1v) is 7.75. The van der Waals surface area contributed by atoms with E-state index in [0.29, 0.717) is 33.6 Å². The van der Waals surface area contributed by atoms with Crippen molar-refractivity contribution >= 4 is 39.1 Å². The van der Waals surface area contributed by atoms with Gasteiger partial charge in [-0.15, -0.1) is 0 Å². The van der Waals surface area contributed by atoms with Crippen LogP contribution in [0.5, 0.6) is 0 Å². The van der Waals surface area contributed by atoms with Crippen LogP contribution in [0.1, 0.15) is 0 Å². The predicted octanol–water partition coefficient (Wildman–Crippen LogP) is 4.22. The van der Waals surface area contributed by atoms with Gasteiger partial charge in [0.2, 0.25) is 0 Å². The van der Waals surface area contributed by atoms with E-state index in [0.717, 1.165) is 5.52 Å². The van der Waals surface area contributed by atoms with Crippen LogP contribution in [-0.4, -0.2) is 32.9 Å². The van der Waals surface area contributed by atoms with Crippen LogP contribution in [0.15, 0.2) is 48.8 Å². The zero-order valence-corrected chi connectivity index (χ0v) is 13.3. The lowest BCUT2D eigenvalue weighted by Gasteiger charge is -2.12. The third-order valence-corrected chi connectivity index (χ3v) is 3.77. The third-order valence-electron chi connectivity index (χ3n) is 3.77. The van der Waals surface area contributed by atoms with Crippen LogP contribution in [0.2, 0.25) is 0 Å². The maximum absolute atomic E-state index is 12.4. The average molecular weight is 358 g/mol. The highest BCUT2D eigenvalue weighted by molar-refractivity contribution is 5.93. The Balaban J connectivity index is 1.64. The molecule has 26 heavy (non-hydrogen) atoms. The van der Waals surface area contributed by atoms with Crippen LogP contribution < -0.4 is 10.6 Å². The Kier molecular flexibility index (Phi) is 3.83. The second kappa shape index (κ2) is 6.17. The van der Waals surface area contributed by atoms with Crippen LogP contribution in [0.25, 0.3) is 21.9 Å². The van der Waals surface area contributed by atoms with Gasteiger partial charge >= 0.3 is 6.18 Å². The van der Waals surface area contributed by atoms with Gasteiger partial charge < -0.3 is 10.6 Å². The fourth-order valence-corrected chi connectivity index (χ4v) is 2.64. The van der Waals surface area contributed by atoms with Gasteiger partial charge in [-0.2, -0.15) is 18.3 Å². The summed E-state index contributed by atoms with van der Waals surface area (Å²) in [5, 5.41) is 13.3. The molecule has 3 N–H and O–H groups in total. The first kappa shape index (κ1) is 16.1. The van der Waals surface area contributed by atoms with Crippen LogP contribution in [0.4, 0.5) is 30.4 Å². The molecule has 0 aliphatic heterocycles. The van der Waals surface area contributed by atoms with Crippen LogP contribution >= 0.6 is 0 Å². The molecule has 0 radical (unpaired) electrons. The molecular weight excluding hydrogens is 345 g/mol. The maximum atomic E-state index is 12.4. The largest absolute Gasteiger partial charge is 0.405 e. The molecule has 0 aliphatic rings. The zero-order chi connectivity index (χ0) is 18.1. The molecular formula is C17H13F3N6. The van der Waals surface area contributed by atoms with Crippen LogP contribution in [0.3, 0.4) is 0 Å². The number of aromatic amines is 1. The first-order valence-electron chi connectivity index (χ1n) is 7.75. The molecule has 0 atom stereocenters. The van der Waals surface area contributed by atoms with Crippen molar-refractivity contribution in [2.24, 2.45) is 0 Å². The Hall–Kier alpha value is -3.36. The number of pyridine rings is 2. The summed E-state index contributed by atoms with van der Waals surface area (Å²) >= 11 is 0. The number of hydrogen-bond donors (Lipinski definition) is 3. The topological polar surface area (TPSA) is 78.5 Å².